The van der Waals surface area contributed by atoms with Crippen molar-refractivity contribution in [2.24, 2.45) is 0 Å². The molecule has 3 heteroatoms. The predicted molar refractivity (Wildman–Crippen MR) is 70.3 cm³/mol. The lowest BCUT2D eigenvalue weighted by atomic mass is 9.63. The molecule has 0 bridgehead atoms. The molecule has 0 unspecified atom stereocenters. The van der Waals surface area contributed by atoms with E-state index in [0.717, 1.165) is 31.4 Å². The van der Waals surface area contributed by atoms with Crippen LogP contribution in [0.3, 0.4) is 0 Å². The maximum Gasteiger partial charge on any atom is 0.232 e. The van der Waals surface area contributed by atoms with Gasteiger partial charge < -0.3 is 4.90 Å². The highest BCUT2D eigenvalue weighted by Crippen LogP contribution is 2.45. The summed E-state index contributed by atoms with van der Waals surface area (Å²) in [4.78, 5) is 14.3. The zero-order chi connectivity index (χ0) is 12.5. The van der Waals surface area contributed by atoms with Gasteiger partial charge in [0.25, 0.3) is 0 Å². The van der Waals surface area contributed by atoms with E-state index in [-0.39, 0.29) is 11.3 Å². The minimum atomic E-state index is -0.310. The van der Waals surface area contributed by atoms with Crippen LogP contribution >= 0.6 is 11.6 Å². The van der Waals surface area contributed by atoms with Crippen molar-refractivity contribution in [1.82, 2.24) is 4.90 Å². The standard InChI is InChI=1S/C14H18ClNO/c1-3-16(2)13(17)14(8-5-9-14)11-6-4-7-12(15)10-11/h4,6-7,10H,3,5,8-9H2,1-2H3. The summed E-state index contributed by atoms with van der Waals surface area (Å²) in [5.41, 5.74) is 0.761. The highest BCUT2D eigenvalue weighted by Gasteiger charge is 2.46. The van der Waals surface area contributed by atoms with E-state index in [0.29, 0.717) is 5.02 Å². The molecule has 17 heavy (non-hydrogen) atoms. The van der Waals surface area contributed by atoms with Crippen LogP contribution < -0.4 is 0 Å². The van der Waals surface area contributed by atoms with Crippen molar-refractivity contribution in [3.8, 4) is 0 Å². The monoisotopic (exact) mass is 251 g/mol. The van der Waals surface area contributed by atoms with Gasteiger partial charge in [-0.15, -0.1) is 0 Å². The molecule has 0 atom stereocenters. The molecule has 2 rings (SSSR count). The van der Waals surface area contributed by atoms with Crippen LogP contribution in [0.1, 0.15) is 31.7 Å². The van der Waals surface area contributed by atoms with Crippen LogP contribution in [0.5, 0.6) is 0 Å². The van der Waals surface area contributed by atoms with E-state index >= 15 is 0 Å². The molecule has 1 aromatic rings. The van der Waals surface area contributed by atoms with E-state index in [4.69, 9.17) is 11.6 Å². The van der Waals surface area contributed by atoms with Gasteiger partial charge in [-0.05, 0) is 37.5 Å². The fraction of sp³-hybridized carbons (Fsp3) is 0.500. The van der Waals surface area contributed by atoms with Gasteiger partial charge in [-0.25, -0.2) is 0 Å². The topological polar surface area (TPSA) is 20.3 Å². The minimum absolute atomic E-state index is 0.230. The number of nitrogens with zero attached hydrogens (tertiary/aromatic N) is 1. The highest BCUT2D eigenvalue weighted by atomic mass is 35.5. The fourth-order valence-corrected chi connectivity index (χ4v) is 2.64. The SMILES string of the molecule is CCN(C)C(=O)C1(c2cccc(Cl)c2)CCC1. The molecule has 2 nitrogen and oxygen atoms in total. The Morgan fingerprint density at radius 1 is 1.47 bits per heavy atom. The zero-order valence-corrected chi connectivity index (χ0v) is 11.1. The summed E-state index contributed by atoms with van der Waals surface area (Å²) in [6.07, 6.45) is 3.00. The number of carbonyl (C=O) groups is 1. The van der Waals surface area contributed by atoms with Crippen molar-refractivity contribution < 1.29 is 4.79 Å². The average Bonchev–Trinajstić information content (AvgIpc) is 2.26. The molecule has 1 aromatic carbocycles. The predicted octanol–water partition coefficient (Wildman–Crippen LogP) is 3.24. The largest absolute Gasteiger partial charge is 0.345 e. The Morgan fingerprint density at radius 3 is 2.65 bits per heavy atom. The van der Waals surface area contributed by atoms with Crippen LogP contribution in [-0.4, -0.2) is 24.4 Å². The third-order valence-corrected chi connectivity index (χ3v) is 4.05. The molecule has 1 saturated carbocycles. The molecule has 0 saturated heterocycles. The number of rotatable bonds is 3. The summed E-state index contributed by atoms with van der Waals surface area (Å²) in [5, 5.41) is 0.709. The number of hydrogen-bond donors (Lipinski definition) is 0. The van der Waals surface area contributed by atoms with Crippen molar-refractivity contribution >= 4 is 17.5 Å². The third kappa shape index (κ3) is 2.06. The Morgan fingerprint density at radius 2 is 2.18 bits per heavy atom. The van der Waals surface area contributed by atoms with Crippen LogP contribution in [0.15, 0.2) is 24.3 Å². The molecule has 0 heterocycles. The van der Waals surface area contributed by atoms with Gasteiger partial charge in [-0.1, -0.05) is 30.2 Å². The Labute approximate surface area is 108 Å². The third-order valence-electron chi connectivity index (χ3n) is 3.81. The highest BCUT2D eigenvalue weighted by molar-refractivity contribution is 6.30. The van der Waals surface area contributed by atoms with Crippen molar-refractivity contribution in [3.63, 3.8) is 0 Å². The van der Waals surface area contributed by atoms with E-state index in [2.05, 4.69) is 0 Å². The van der Waals surface area contributed by atoms with Crippen LogP contribution in [0.4, 0.5) is 0 Å². The number of carbonyl (C=O) groups excluding carboxylic acids is 1. The molecule has 0 aromatic heterocycles. The van der Waals surface area contributed by atoms with Gasteiger partial charge in [0, 0.05) is 18.6 Å². The van der Waals surface area contributed by atoms with Gasteiger partial charge in [0.15, 0.2) is 0 Å². The Kier molecular flexibility index (Phi) is 3.43. The zero-order valence-electron chi connectivity index (χ0n) is 10.4. The lowest BCUT2D eigenvalue weighted by Crippen LogP contribution is -2.49. The van der Waals surface area contributed by atoms with Crippen molar-refractivity contribution in [2.45, 2.75) is 31.6 Å². The van der Waals surface area contributed by atoms with Gasteiger partial charge in [0.05, 0.1) is 5.41 Å². The molecule has 1 fully saturated rings. The molecule has 0 radical (unpaired) electrons. The van der Waals surface area contributed by atoms with Crippen molar-refractivity contribution in [3.05, 3.63) is 34.9 Å². The smallest absolute Gasteiger partial charge is 0.232 e. The first-order valence-electron chi connectivity index (χ1n) is 6.12. The van der Waals surface area contributed by atoms with Crippen LogP contribution in [0.25, 0.3) is 0 Å². The Balaban J connectivity index is 2.35. The number of amides is 1. The average molecular weight is 252 g/mol. The number of benzene rings is 1. The second-order valence-corrected chi connectivity index (χ2v) is 5.20. The quantitative estimate of drug-likeness (QED) is 0.808. The van der Waals surface area contributed by atoms with E-state index in [1.165, 1.54) is 0 Å². The van der Waals surface area contributed by atoms with Gasteiger partial charge in [0.1, 0.15) is 0 Å². The maximum atomic E-state index is 12.5. The van der Waals surface area contributed by atoms with E-state index in [9.17, 15) is 4.79 Å². The first-order valence-corrected chi connectivity index (χ1v) is 6.49. The summed E-state index contributed by atoms with van der Waals surface area (Å²) in [5.74, 6) is 0.230. The summed E-state index contributed by atoms with van der Waals surface area (Å²) in [6.45, 7) is 2.75. The number of likely N-dealkylation sites (N-methyl/N-ethyl adjacent to an activating group) is 1. The van der Waals surface area contributed by atoms with Gasteiger partial charge in [-0.3, -0.25) is 4.79 Å². The van der Waals surface area contributed by atoms with E-state index in [1.54, 1.807) is 4.90 Å². The molecular weight excluding hydrogens is 234 g/mol. The molecular formula is C14H18ClNO. The van der Waals surface area contributed by atoms with Crippen LogP contribution in [-0.2, 0) is 10.2 Å². The molecule has 1 aliphatic carbocycles. The number of halogens is 1. The van der Waals surface area contributed by atoms with Crippen LogP contribution in [0, 0.1) is 0 Å². The van der Waals surface area contributed by atoms with Gasteiger partial charge in [-0.2, -0.15) is 0 Å². The Bertz CT molecular complexity index is 426. The lowest BCUT2D eigenvalue weighted by molar-refractivity contribution is -0.139. The van der Waals surface area contributed by atoms with E-state index in [1.807, 2.05) is 38.2 Å². The molecule has 1 amide bonds. The van der Waals surface area contributed by atoms with Crippen LogP contribution in [0.2, 0.25) is 5.02 Å². The Hall–Kier alpha value is -1.02. The summed E-state index contributed by atoms with van der Waals surface area (Å²) < 4.78 is 0. The fourth-order valence-electron chi connectivity index (χ4n) is 2.45. The van der Waals surface area contributed by atoms with E-state index < -0.39 is 0 Å². The maximum absolute atomic E-state index is 12.5. The first-order chi connectivity index (χ1) is 8.10. The summed E-state index contributed by atoms with van der Waals surface area (Å²) >= 11 is 6.03. The van der Waals surface area contributed by atoms with Crippen molar-refractivity contribution in [2.75, 3.05) is 13.6 Å². The molecule has 0 spiro atoms. The minimum Gasteiger partial charge on any atom is -0.345 e. The number of hydrogen-bond acceptors (Lipinski definition) is 1. The van der Waals surface area contributed by atoms with Crippen molar-refractivity contribution in [1.29, 1.82) is 0 Å². The lowest BCUT2D eigenvalue weighted by Gasteiger charge is -2.43. The molecule has 0 aliphatic heterocycles. The molecule has 1 aliphatic rings. The van der Waals surface area contributed by atoms with Gasteiger partial charge >= 0.3 is 0 Å². The molecule has 92 valence electrons. The molecule has 0 N–H and O–H groups in total. The summed E-state index contributed by atoms with van der Waals surface area (Å²) in [7, 11) is 1.87. The summed E-state index contributed by atoms with van der Waals surface area (Å²) in [6, 6.07) is 7.73. The van der Waals surface area contributed by atoms with Gasteiger partial charge in [0.2, 0.25) is 5.91 Å². The first kappa shape index (κ1) is 12.4. The normalized spacial score (nSPS) is 17.4. The second kappa shape index (κ2) is 4.69. The second-order valence-electron chi connectivity index (χ2n) is 4.77.